The van der Waals surface area contributed by atoms with E-state index in [1.807, 2.05) is 13.8 Å². The van der Waals surface area contributed by atoms with Gasteiger partial charge in [-0.05, 0) is 13.3 Å². The van der Waals surface area contributed by atoms with Crippen LogP contribution in [-0.2, 0) is 14.6 Å². The number of nitrogens with two attached hydrogens (primary N) is 1. The molecule has 0 aliphatic heterocycles. The Kier molecular flexibility index (Phi) is 6.28. The van der Waals surface area contributed by atoms with Gasteiger partial charge >= 0.3 is 0 Å². The molecular weight excluding hydrogens is 190 g/mol. The van der Waals surface area contributed by atoms with Gasteiger partial charge in [0.1, 0.15) is 0 Å². The van der Waals surface area contributed by atoms with Crippen LogP contribution in [0.25, 0.3) is 0 Å². The lowest BCUT2D eigenvalue weighted by Crippen LogP contribution is -2.32. The van der Waals surface area contributed by atoms with Gasteiger partial charge in [-0.3, -0.25) is 0 Å². The fourth-order valence-corrected chi connectivity index (χ4v) is 2.68. The van der Waals surface area contributed by atoms with Gasteiger partial charge in [-0.2, -0.15) is 0 Å². The maximum atomic E-state index is 11.3. The lowest BCUT2D eigenvalue weighted by atomic mass is 10.4. The Morgan fingerprint density at radius 3 is 2.38 bits per heavy atom. The van der Waals surface area contributed by atoms with Crippen LogP contribution in [0.2, 0.25) is 0 Å². The zero-order valence-corrected chi connectivity index (χ0v) is 9.14. The Hall–Kier alpha value is -0.130. The topological polar surface area (TPSA) is 69.4 Å². The van der Waals surface area contributed by atoms with E-state index in [-0.39, 0.29) is 24.2 Å². The minimum absolute atomic E-state index is 0.0468. The fraction of sp³-hybridized carbons (Fsp3) is 1.00. The Morgan fingerprint density at radius 2 is 2.00 bits per heavy atom. The minimum atomic E-state index is -2.97. The summed E-state index contributed by atoms with van der Waals surface area (Å²) >= 11 is 0. The monoisotopic (exact) mass is 209 g/mol. The summed E-state index contributed by atoms with van der Waals surface area (Å²) in [6, 6.07) is 0. The van der Waals surface area contributed by atoms with Crippen LogP contribution in [0.5, 0.6) is 0 Å². The van der Waals surface area contributed by atoms with Crippen molar-refractivity contribution in [3.05, 3.63) is 0 Å². The highest BCUT2D eigenvalue weighted by molar-refractivity contribution is 7.91. The predicted octanol–water partition coefficient (Wildman–Crippen LogP) is 0.175. The van der Waals surface area contributed by atoms with Gasteiger partial charge in [-0.15, -0.1) is 0 Å². The molecule has 0 bridgehead atoms. The van der Waals surface area contributed by atoms with Crippen LogP contribution in [0.15, 0.2) is 0 Å². The third-order valence-electron chi connectivity index (χ3n) is 1.62. The van der Waals surface area contributed by atoms with E-state index in [2.05, 4.69) is 0 Å². The van der Waals surface area contributed by atoms with Crippen molar-refractivity contribution in [2.24, 2.45) is 5.73 Å². The molecule has 80 valence electrons. The average Bonchev–Trinajstić information content (AvgIpc) is 2.03. The number of hydrogen-bond donors (Lipinski definition) is 1. The first-order valence-corrected chi connectivity index (χ1v) is 6.40. The molecule has 0 aromatic rings. The molecule has 0 saturated heterocycles. The van der Waals surface area contributed by atoms with Crippen LogP contribution in [0, 0.1) is 0 Å². The second kappa shape index (κ2) is 6.34. The molecular formula is C8H19NO3S. The molecule has 2 N–H and O–H groups in total. The van der Waals surface area contributed by atoms with Gasteiger partial charge in [-0.1, -0.05) is 6.92 Å². The third-order valence-corrected chi connectivity index (χ3v) is 3.53. The summed E-state index contributed by atoms with van der Waals surface area (Å²) in [5.74, 6) is 0.266. The Morgan fingerprint density at radius 1 is 1.38 bits per heavy atom. The SMILES string of the molecule is CCCS(=O)(=O)CC(CN)OCC. The van der Waals surface area contributed by atoms with Crippen LogP contribution in [0.4, 0.5) is 0 Å². The van der Waals surface area contributed by atoms with Gasteiger partial charge in [0.2, 0.25) is 0 Å². The molecule has 0 aliphatic rings. The van der Waals surface area contributed by atoms with E-state index in [4.69, 9.17) is 10.5 Å². The van der Waals surface area contributed by atoms with Gasteiger partial charge in [0.05, 0.1) is 17.6 Å². The molecule has 0 radical (unpaired) electrons. The highest BCUT2D eigenvalue weighted by atomic mass is 32.2. The van der Waals surface area contributed by atoms with E-state index in [0.29, 0.717) is 13.0 Å². The molecule has 5 heteroatoms. The van der Waals surface area contributed by atoms with Crippen LogP contribution < -0.4 is 5.73 Å². The summed E-state index contributed by atoms with van der Waals surface area (Å²) in [5, 5.41) is 0. The standard InChI is InChI=1S/C8H19NO3S/c1-3-5-13(10,11)7-8(6-9)12-4-2/h8H,3-7,9H2,1-2H3. The maximum absolute atomic E-state index is 11.3. The fourth-order valence-electron chi connectivity index (χ4n) is 1.10. The third kappa shape index (κ3) is 6.01. The van der Waals surface area contributed by atoms with E-state index >= 15 is 0 Å². The van der Waals surface area contributed by atoms with E-state index < -0.39 is 9.84 Å². The first kappa shape index (κ1) is 12.9. The number of rotatable bonds is 7. The van der Waals surface area contributed by atoms with E-state index in [1.165, 1.54) is 0 Å². The van der Waals surface area contributed by atoms with E-state index in [0.717, 1.165) is 0 Å². The number of hydrogen-bond acceptors (Lipinski definition) is 4. The highest BCUT2D eigenvalue weighted by Gasteiger charge is 2.17. The van der Waals surface area contributed by atoms with Crippen LogP contribution in [-0.4, -0.2) is 39.2 Å². The molecule has 13 heavy (non-hydrogen) atoms. The van der Waals surface area contributed by atoms with Gasteiger partial charge < -0.3 is 10.5 Å². The van der Waals surface area contributed by atoms with Crippen molar-refractivity contribution in [2.75, 3.05) is 24.7 Å². The van der Waals surface area contributed by atoms with Gasteiger partial charge in [0.25, 0.3) is 0 Å². The largest absolute Gasteiger partial charge is 0.376 e. The molecule has 0 fully saturated rings. The Bertz CT molecular complexity index is 213. The second-order valence-corrected chi connectivity index (χ2v) is 5.16. The van der Waals surface area contributed by atoms with Crippen molar-refractivity contribution in [3.8, 4) is 0 Å². The average molecular weight is 209 g/mol. The second-order valence-electron chi connectivity index (χ2n) is 2.93. The van der Waals surface area contributed by atoms with Crippen LogP contribution in [0.1, 0.15) is 20.3 Å². The zero-order chi connectivity index (χ0) is 10.3. The first-order valence-electron chi connectivity index (χ1n) is 4.57. The normalized spacial score (nSPS) is 14.4. The van der Waals surface area contributed by atoms with Crippen LogP contribution in [0.3, 0.4) is 0 Å². The highest BCUT2D eigenvalue weighted by Crippen LogP contribution is 2.00. The molecule has 0 spiro atoms. The van der Waals surface area contributed by atoms with Crippen molar-refractivity contribution in [1.29, 1.82) is 0 Å². The molecule has 0 amide bonds. The van der Waals surface area contributed by atoms with Gasteiger partial charge in [-0.25, -0.2) is 8.42 Å². The van der Waals surface area contributed by atoms with Gasteiger partial charge in [0.15, 0.2) is 9.84 Å². The number of sulfone groups is 1. The first-order chi connectivity index (χ1) is 6.05. The van der Waals surface area contributed by atoms with E-state index in [9.17, 15) is 8.42 Å². The maximum Gasteiger partial charge on any atom is 0.152 e. The van der Waals surface area contributed by atoms with Crippen molar-refractivity contribution in [1.82, 2.24) is 0 Å². The smallest absolute Gasteiger partial charge is 0.152 e. The minimum Gasteiger partial charge on any atom is -0.376 e. The summed E-state index contributed by atoms with van der Waals surface area (Å²) in [6.07, 6.45) is 0.299. The Balaban J connectivity index is 4.06. The summed E-state index contributed by atoms with van der Waals surface area (Å²) in [7, 11) is -2.97. The van der Waals surface area contributed by atoms with Crippen molar-refractivity contribution >= 4 is 9.84 Å². The predicted molar refractivity (Wildman–Crippen MR) is 53.4 cm³/mol. The molecule has 1 atom stereocenters. The van der Waals surface area contributed by atoms with Crippen molar-refractivity contribution in [3.63, 3.8) is 0 Å². The molecule has 1 unspecified atom stereocenters. The number of ether oxygens (including phenoxy) is 1. The van der Waals surface area contributed by atoms with E-state index in [1.54, 1.807) is 0 Å². The molecule has 0 heterocycles. The van der Waals surface area contributed by atoms with Crippen LogP contribution >= 0.6 is 0 Å². The molecule has 0 aliphatic carbocycles. The van der Waals surface area contributed by atoms with Crippen molar-refractivity contribution in [2.45, 2.75) is 26.4 Å². The summed E-state index contributed by atoms with van der Waals surface area (Å²) in [6.45, 7) is 4.44. The molecule has 0 aromatic carbocycles. The molecule has 0 rings (SSSR count). The molecule has 0 saturated carbocycles. The zero-order valence-electron chi connectivity index (χ0n) is 8.32. The quantitative estimate of drug-likeness (QED) is 0.649. The lowest BCUT2D eigenvalue weighted by molar-refractivity contribution is 0.0846. The Labute approximate surface area is 80.4 Å². The molecule has 0 aromatic heterocycles. The van der Waals surface area contributed by atoms with Gasteiger partial charge in [0, 0.05) is 13.2 Å². The summed E-state index contributed by atoms with van der Waals surface area (Å²) in [5.41, 5.74) is 5.37. The summed E-state index contributed by atoms with van der Waals surface area (Å²) in [4.78, 5) is 0. The lowest BCUT2D eigenvalue weighted by Gasteiger charge is -2.14. The summed E-state index contributed by atoms with van der Waals surface area (Å²) < 4.78 is 27.8. The van der Waals surface area contributed by atoms with Crippen molar-refractivity contribution < 1.29 is 13.2 Å². The molecule has 4 nitrogen and oxygen atoms in total.